The third-order valence-electron chi connectivity index (χ3n) is 3.43. The van der Waals surface area contributed by atoms with Crippen LogP contribution in [0.2, 0.25) is 0 Å². The third kappa shape index (κ3) is 2.77. The Bertz CT molecular complexity index is 267. The Labute approximate surface area is 93.5 Å². The minimum Gasteiger partial charge on any atom is -0.317 e. The minimum atomic E-state index is -4.12. The Balaban J connectivity index is 1.91. The summed E-state index contributed by atoms with van der Waals surface area (Å²) in [5.41, 5.74) is -0.349. The lowest BCUT2D eigenvalue weighted by Gasteiger charge is -2.36. The van der Waals surface area contributed by atoms with Gasteiger partial charge in [0.1, 0.15) is 0 Å². The molecule has 16 heavy (non-hydrogen) atoms. The zero-order chi connectivity index (χ0) is 11.6. The molecule has 5 heteroatoms. The molecule has 0 unspecified atom stereocenters. The zero-order valence-electron chi connectivity index (χ0n) is 9.19. The predicted molar refractivity (Wildman–Crippen MR) is 56.2 cm³/mol. The Morgan fingerprint density at radius 3 is 2.44 bits per heavy atom. The van der Waals surface area contributed by atoms with Gasteiger partial charge in [-0.05, 0) is 32.4 Å². The summed E-state index contributed by atoms with van der Waals surface area (Å²) in [6, 6.07) is 0.465. The first kappa shape index (κ1) is 11.9. The second-order valence-electron chi connectivity index (χ2n) is 4.45. The molecule has 0 aliphatic carbocycles. The van der Waals surface area contributed by atoms with Gasteiger partial charge in [0.2, 0.25) is 0 Å². The molecule has 2 nitrogen and oxygen atoms in total. The highest BCUT2D eigenvalue weighted by molar-refractivity contribution is 5.13. The number of nitrogens with zero attached hydrogens (tertiary/aromatic N) is 1. The van der Waals surface area contributed by atoms with E-state index in [4.69, 9.17) is 0 Å². The first-order chi connectivity index (χ1) is 7.57. The molecule has 0 aromatic rings. The average Bonchev–Trinajstić information content (AvgIpc) is 2.29. The molecule has 2 aliphatic heterocycles. The molecular weight excluding hydrogens is 217 g/mol. The van der Waals surface area contributed by atoms with Crippen molar-refractivity contribution in [3.05, 3.63) is 11.6 Å². The van der Waals surface area contributed by atoms with Crippen molar-refractivity contribution in [1.82, 2.24) is 10.2 Å². The number of hydrogen-bond donors (Lipinski definition) is 1. The van der Waals surface area contributed by atoms with Gasteiger partial charge in [-0.3, -0.25) is 4.90 Å². The summed E-state index contributed by atoms with van der Waals surface area (Å²) in [6.07, 6.45) is -0.524. The molecule has 0 amide bonds. The Kier molecular flexibility index (Phi) is 3.54. The summed E-state index contributed by atoms with van der Waals surface area (Å²) < 4.78 is 37.2. The summed E-state index contributed by atoms with van der Waals surface area (Å²) >= 11 is 0. The van der Waals surface area contributed by atoms with Crippen molar-refractivity contribution < 1.29 is 13.2 Å². The van der Waals surface area contributed by atoms with Crippen LogP contribution in [0.3, 0.4) is 0 Å². The van der Waals surface area contributed by atoms with Crippen LogP contribution < -0.4 is 5.32 Å². The van der Waals surface area contributed by atoms with E-state index in [-0.39, 0.29) is 12.0 Å². The van der Waals surface area contributed by atoms with Crippen LogP contribution in [0.15, 0.2) is 11.6 Å². The maximum absolute atomic E-state index is 12.4. The van der Waals surface area contributed by atoms with Gasteiger partial charge in [-0.2, -0.15) is 13.2 Å². The maximum Gasteiger partial charge on any atom is 0.412 e. The van der Waals surface area contributed by atoms with Crippen molar-refractivity contribution in [2.75, 3.05) is 26.2 Å². The lowest BCUT2D eigenvalue weighted by molar-refractivity contribution is -0.0965. The molecule has 2 heterocycles. The summed E-state index contributed by atoms with van der Waals surface area (Å²) in [7, 11) is 0. The fourth-order valence-corrected chi connectivity index (χ4v) is 2.45. The smallest absolute Gasteiger partial charge is 0.317 e. The Morgan fingerprint density at radius 2 is 1.94 bits per heavy atom. The van der Waals surface area contributed by atoms with E-state index in [9.17, 15) is 13.2 Å². The van der Waals surface area contributed by atoms with Crippen molar-refractivity contribution in [1.29, 1.82) is 0 Å². The number of rotatable bonds is 1. The van der Waals surface area contributed by atoms with Crippen molar-refractivity contribution in [3.63, 3.8) is 0 Å². The van der Waals surface area contributed by atoms with E-state index < -0.39 is 6.18 Å². The highest BCUT2D eigenvalue weighted by atomic mass is 19.4. The molecule has 0 radical (unpaired) electrons. The van der Waals surface area contributed by atoms with E-state index in [0.29, 0.717) is 19.1 Å². The number of piperidine rings is 1. The van der Waals surface area contributed by atoms with Crippen molar-refractivity contribution in [3.8, 4) is 0 Å². The Morgan fingerprint density at radius 1 is 1.25 bits per heavy atom. The van der Waals surface area contributed by atoms with Gasteiger partial charge < -0.3 is 5.32 Å². The van der Waals surface area contributed by atoms with Gasteiger partial charge in [-0.25, -0.2) is 0 Å². The number of nitrogens with one attached hydrogen (secondary N) is 1. The first-order valence-corrected chi connectivity index (χ1v) is 5.78. The largest absolute Gasteiger partial charge is 0.412 e. The number of alkyl halides is 3. The van der Waals surface area contributed by atoms with Gasteiger partial charge in [-0.1, -0.05) is 6.08 Å². The van der Waals surface area contributed by atoms with Crippen LogP contribution in [0.5, 0.6) is 0 Å². The van der Waals surface area contributed by atoms with Gasteiger partial charge >= 0.3 is 6.18 Å². The molecule has 0 aromatic carbocycles. The van der Waals surface area contributed by atoms with Crippen LogP contribution in [0, 0.1) is 0 Å². The molecule has 1 N–H and O–H groups in total. The van der Waals surface area contributed by atoms with Crippen molar-refractivity contribution in [2.45, 2.75) is 31.5 Å². The van der Waals surface area contributed by atoms with Crippen LogP contribution in [0.1, 0.15) is 19.3 Å². The monoisotopic (exact) mass is 234 g/mol. The topological polar surface area (TPSA) is 15.3 Å². The van der Waals surface area contributed by atoms with Gasteiger partial charge in [0.25, 0.3) is 0 Å². The third-order valence-corrected chi connectivity index (χ3v) is 3.43. The summed E-state index contributed by atoms with van der Waals surface area (Å²) in [5, 5.41) is 3.26. The Hall–Kier alpha value is -0.550. The number of hydrogen-bond acceptors (Lipinski definition) is 2. The average molecular weight is 234 g/mol. The summed E-state index contributed by atoms with van der Waals surface area (Å²) in [6.45, 7) is 2.98. The van der Waals surface area contributed by atoms with E-state index in [0.717, 1.165) is 25.9 Å². The van der Waals surface area contributed by atoms with E-state index in [1.54, 1.807) is 0 Å². The van der Waals surface area contributed by atoms with E-state index in [2.05, 4.69) is 10.2 Å². The fourth-order valence-electron chi connectivity index (χ4n) is 2.45. The van der Waals surface area contributed by atoms with Crippen LogP contribution in [0.4, 0.5) is 13.2 Å². The number of halogens is 3. The fraction of sp³-hybridized carbons (Fsp3) is 0.818. The zero-order valence-corrected chi connectivity index (χ0v) is 9.19. The summed E-state index contributed by atoms with van der Waals surface area (Å²) in [5.74, 6) is 0. The molecule has 0 bridgehead atoms. The van der Waals surface area contributed by atoms with E-state index in [1.807, 2.05) is 0 Å². The molecule has 2 aliphatic rings. The van der Waals surface area contributed by atoms with Crippen molar-refractivity contribution >= 4 is 0 Å². The summed E-state index contributed by atoms with van der Waals surface area (Å²) in [4.78, 5) is 2.18. The van der Waals surface area contributed by atoms with Gasteiger partial charge in [-0.15, -0.1) is 0 Å². The van der Waals surface area contributed by atoms with Crippen molar-refractivity contribution in [2.24, 2.45) is 0 Å². The molecule has 0 aromatic heterocycles. The normalized spacial score (nSPS) is 25.6. The molecular formula is C11H17F3N2. The standard InChI is InChI=1S/C11H17F3N2/c12-11(13,14)9-3-7-16(8-4-9)10-1-5-15-6-2-10/h3,10,15H,1-2,4-8H2. The second-order valence-corrected chi connectivity index (χ2v) is 4.45. The molecule has 0 atom stereocenters. The molecule has 0 spiro atoms. The van der Waals surface area contributed by atoms with Crippen LogP contribution >= 0.6 is 0 Å². The minimum absolute atomic E-state index is 0.146. The molecule has 0 saturated carbocycles. The highest BCUT2D eigenvalue weighted by Gasteiger charge is 2.35. The highest BCUT2D eigenvalue weighted by Crippen LogP contribution is 2.31. The van der Waals surface area contributed by atoms with E-state index >= 15 is 0 Å². The molecule has 2 rings (SSSR count). The second kappa shape index (κ2) is 4.75. The molecule has 1 fully saturated rings. The van der Waals surface area contributed by atoms with Crippen LogP contribution in [-0.4, -0.2) is 43.3 Å². The maximum atomic E-state index is 12.4. The van der Waals surface area contributed by atoms with Crippen LogP contribution in [-0.2, 0) is 0 Å². The van der Waals surface area contributed by atoms with Gasteiger partial charge in [0.05, 0.1) is 0 Å². The lowest BCUT2D eigenvalue weighted by Crippen LogP contribution is -2.45. The van der Waals surface area contributed by atoms with E-state index in [1.165, 1.54) is 6.08 Å². The quantitative estimate of drug-likeness (QED) is 0.697. The van der Waals surface area contributed by atoms with Gasteiger partial charge in [0.15, 0.2) is 0 Å². The molecule has 1 saturated heterocycles. The van der Waals surface area contributed by atoms with Gasteiger partial charge in [0, 0.05) is 24.7 Å². The predicted octanol–water partition coefficient (Wildman–Crippen LogP) is 1.93. The SMILES string of the molecule is FC(F)(F)C1=CCN(C2CCNCC2)CC1. The lowest BCUT2D eigenvalue weighted by atomic mass is 10.0. The molecule has 92 valence electrons. The first-order valence-electron chi connectivity index (χ1n) is 5.78. The van der Waals surface area contributed by atoms with Crippen LogP contribution in [0.25, 0.3) is 0 Å².